The molecular weight excluding hydrogens is 334 g/mol. The van der Waals surface area contributed by atoms with Crippen molar-refractivity contribution < 1.29 is 4.79 Å². The monoisotopic (exact) mass is 349 g/mol. The van der Waals surface area contributed by atoms with Crippen LogP contribution in [0, 0.1) is 13.8 Å². The van der Waals surface area contributed by atoms with E-state index in [0.717, 1.165) is 20.6 Å². The summed E-state index contributed by atoms with van der Waals surface area (Å²) >= 11 is 4.93. The number of thioether (sulfide) groups is 1. The highest BCUT2D eigenvalue weighted by Crippen LogP contribution is 2.22. The molecule has 0 bridgehead atoms. The third-order valence-corrected chi connectivity index (χ3v) is 4.60. The maximum atomic E-state index is 12.0. The normalized spacial score (nSPS) is 10.3. The molecule has 2 rings (SSSR count). The van der Waals surface area contributed by atoms with Gasteiger partial charge in [0.15, 0.2) is 0 Å². The molecule has 0 atom stereocenters. The standard InChI is InChI=1S/C16H16BrNOS/c1-11-4-3-5-15(12(11)2)18-16(19)10-20-14-8-6-13(17)7-9-14/h3-9H,10H2,1-2H3,(H,18,19). The third-order valence-electron chi connectivity index (χ3n) is 3.06. The first-order valence-electron chi connectivity index (χ1n) is 6.30. The third kappa shape index (κ3) is 4.12. The maximum Gasteiger partial charge on any atom is 0.234 e. The van der Waals surface area contributed by atoms with Crippen molar-refractivity contribution in [2.24, 2.45) is 0 Å². The zero-order valence-electron chi connectivity index (χ0n) is 11.4. The quantitative estimate of drug-likeness (QED) is 0.803. The zero-order valence-corrected chi connectivity index (χ0v) is 13.8. The molecule has 1 N–H and O–H groups in total. The minimum atomic E-state index is 0.0200. The van der Waals surface area contributed by atoms with Crippen molar-refractivity contribution in [1.82, 2.24) is 0 Å². The van der Waals surface area contributed by atoms with E-state index in [1.165, 1.54) is 17.3 Å². The second-order valence-electron chi connectivity index (χ2n) is 4.54. The second kappa shape index (κ2) is 6.95. The van der Waals surface area contributed by atoms with Gasteiger partial charge in [0.25, 0.3) is 0 Å². The Hall–Kier alpha value is -1.26. The molecule has 2 nitrogen and oxygen atoms in total. The van der Waals surface area contributed by atoms with Gasteiger partial charge in [-0.3, -0.25) is 4.79 Å². The number of benzene rings is 2. The molecule has 0 heterocycles. The highest BCUT2D eigenvalue weighted by Gasteiger charge is 2.06. The average Bonchev–Trinajstić information content (AvgIpc) is 2.43. The molecule has 1 amide bonds. The molecule has 0 radical (unpaired) electrons. The van der Waals surface area contributed by atoms with Gasteiger partial charge in [-0.1, -0.05) is 28.1 Å². The van der Waals surface area contributed by atoms with Crippen LogP contribution in [0.4, 0.5) is 5.69 Å². The van der Waals surface area contributed by atoms with E-state index in [4.69, 9.17) is 0 Å². The van der Waals surface area contributed by atoms with Gasteiger partial charge in [-0.15, -0.1) is 11.8 Å². The van der Waals surface area contributed by atoms with E-state index >= 15 is 0 Å². The van der Waals surface area contributed by atoms with Crippen LogP contribution in [-0.2, 0) is 4.79 Å². The number of nitrogens with one attached hydrogen (secondary N) is 1. The number of anilines is 1. The van der Waals surface area contributed by atoms with E-state index in [2.05, 4.69) is 21.2 Å². The number of carbonyl (C=O) groups is 1. The molecule has 0 aromatic heterocycles. The number of amides is 1. The Balaban J connectivity index is 1.92. The first kappa shape index (κ1) is 15.1. The lowest BCUT2D eigenvalue weighted by Gasteiger charge is -2.10. The van der Waals surface area contributed by atoms with Crippen LogP contribution in [0.2, 0.25) is 0 Å². The van der Waals surface area contributed by atoms with Crippen LogP contribution in [0.25, 0.3) is 0 Å². The van der Waals surface area contributed by atoms with Crippen LogP contribution >= 0.6 is 27.7 Å². The Morgan fingerprint density at radius 1 is 1.15 bits per heavy atom. The molecular formula is C16H16BrNOS. The van der Waals surface area contributed by atoms with E-state index < -0.39 is 0 Å². The van der Waals surface area contributed by atoms with Gasteiger partial charge in [0.2, 0.25) is 5.91 Å². The number of hydrogen-bond donors (Lipinski definition) is 1. The van der Waals surface area contributed by atoms with Gasteiger partial charge in [0.05, 0.1) is 5.75 Å². The summed E-state index contributed by atoms with van der Waals surface area (Å²) < 4.78 is 1.04. The first-order valence-corrected chi connectivity index (χ1v) is 8.08. The van der Waals surface area contributed by atoms with Gasteiger partial charge in [-0.25, -0.2) is 0 Å². The van der Waals surface area contributed by atoms with Gasteiger partial charge < -0.3 is 5.32 Å². The Labute approximate surface area is 132 Å². The number of halogens is 1. The van der Waals surface area contributed by atoms with Crippen molar-refractivity contribution in [2.75, 3.05) is 11.1 Å². The maximum absolute atomic E-state index is 12.0. The zero-order chi connectivity index (χ0) is 14.5. The van der Waals surface area contributed by atoms with Crippen LogP contribution in [0.1, 0.15) is 11.1 Å². The summed E-state index contributed by atoms with van der Waals surface area (Å²) in [6.45, 7) is 4.06. The molecule has 20 heavy (non-hydrogen) atoms. The van der Waals surface area contributed by atoms with E-state index in [0.29, 0.717) is 5.75 Å². The molecule has 0 aliphatic rings. The number of rotatable bonds is 4. The van der Waals surface area contributed by atoms with Crippen molar-refractivity contribution in [2.45, 2.75) is 18.7 Å². The Morgan fingerprint density at radius 2 is 1.85 bits per heavy atom. The lowest BCUT2D eigenvalue weighted by Crippen LogP contribution is -2.15. The van der Waals surface area contributed by atoms with Crippen molar-refractivity contribution in [3.05, 3.63) is 58.1 Å². The van der Waals surface area contributed by atoms with Gasteiger partial charge in [-0.2, -0.15) is 0 Å². The summed E-state index contributed by atoms with van der Waals surface area (Å²) in [6.07, 6.45) is 0. The Bertz CT molecular complexity index is 610. The molecule has 4 heteroatoms. The second-order valence-corrected chi connectivity index (χ2v) is 6.50. The number of hydrogen-bond acceptors (Lipinski definition) is 2. The highest BCUT2D eigenvalue weighted by molar-refractivity contribution is 9.10. The molecule has 0 spiro atoms. The highest BCUT2D eigenvalue weighted by atomic mass is 79.9. The van der Waals surface area contributed by atoms with E-state index in [9.17, 15) is 4.79 Å². The summed E-state index contributed by atoms with van der Waals surface area (Å²) in [5, 5.41) is 2.96. The van der Waals surface area contributed by atoms with Crippen LogP contribution in [0.3, 0.4) is 0 Å². The molecule has 0 saturated carbocycles. The van der Waals surface area contributed by atoms with E-state index in [1.807, 2.05) is 56.3 Å². The molecule has 0 saturated heterocycles. The van der Waals surface area contributed by atoms with Gasteiger partial charge >= 0.3 is 0 Å². The Kier molecular flexibility index (Phi) is 5.26. The van der Waals surface area contributed by atoms with Crippen molar-refractivity contribution in [3.63, 3.8) is 0 Å². The molecule has 0 aliphatic heterocycles. The van der Waals surface area contributed by atoms with Crippen LogP contribution in [-0.4, -0.2) is 11.7 Å². The van der Waals surface area contributed by atoms with Gasteiger partial charge in [0.1, 0.15) is 0 Å². The van der Waals surface area contributed by atoms with E-state index in [-0.39, 0.29) is 5.91 Å². The van der Waals surface area contributed by atoms with Crippen molar-refractivity contribution in [1.29, 1.82) is 0 Å². The minimum Gasteiger partial charge on any atom is -0.325 e. The summed E-state index contributed by atoms with van der Waals surface area (Å²) in [5.41, 5.74) is 3.20. The molecule has 0 unspecified atom stereocenters. The molecule has 2 aromatic carbocycles. The smallest absolute Gasteiger partial charge is 0.234 e. The summed E-state index contributed by atoms with van der Waals surface area (Å²) in [4.78, 5) is 13.1. The van der Waals surface area contributed by atoms with Crippen molar-refractivity contribution >= 4 is 39.3 Å². The molecule has 0 fully saturated rings. The lowest BCUT2D eigenvalue weighted by atomic mass is 10.1. The molecule has 2 aromatic rings. The summed E-state index contributed by atoms with van der Waals surface area (Å²) in [5.74, 6) is 0.432. The fourth-order valence-corrected chi connectivity index (χ4v) is 2.72. The van der Waals surface area contributed by atoms with Crippen molar-refractivity contribution in [3.8, 4) is 0 Å². The average molecular weight is 350 g/mol. The first-order chi connectivity index (χ1) is 9.56. The van der Waals surface area contributed by atoms with Crippen LogP contribution in [0.5, 0.6) is 0 Å². The van der Waals surface area contributed by atoms with Crippen LogP contribution in [0.15, 0.2) is 51.8 Å². The predicted octanol–water partition coefficient (Wildman–Crippen LogP) is 4.80. The molecule has 0 aliphatic carbocycles. The summed E-state index contributed by atoms with van der Waals surface area (Å²) in [6, 6.07) is 13.9. The fourth-order valence-electron chi connectivity index (χ4n) is 1.75. The van der Waals surface area contributed by atoms with Crippen LogP contribution < -0.4 is 5.32 Å². The lowest BCUT2D eigenvalue weighted by molar-refractivity contribution is -0.113. The fraction of sp³-hybridized carbons (Fsp3) is 0.188. The van der Waals surface area contributed by atoms with Gasteiger partial charge in [-0.05, 0) is 55.3 Å². The minimum absolute atomic E-state index is 0.0200. The number of carbonyl (C=O) groups excluding carboxylic acids is 1. The SMILES string of the molecule is Cc1cccc(NC(=O)CSc2ccc(Br)cc2)c1C. The summed E-state index contributed by atoms with van der Waals surface area (Å²) in [7, 11) is 0. The largest absolute Gasteiger partial charge is 0.325 e. The Morgan fingerprint density at radius 3 is 2.55 bits per heavy atom. The van der Waals surface area contributed by atoms with E-state index in [1.54, 1.807) is 0 Å². The topological polar surface area (TPSA) is 29.1 Å². The molecule has 104 valence electrons. The predicted molar refractivity (Wildman–Crippen MR) is 89.4 cm³/mol. The number of aryl methyl sites for hydroxylation is 1. The van der Waals surface area contributed by atoms with Gasteiger partial charge in [0, 0.05) is 15.1 Å².